The van der Waals surface area contributed by atoms with E-state index in [-0.39, 0.29) is 17.0 Å². The molecule has 0 unspecified atom stereocenters. The molecule has 0 amide bonds. The zero-order chi connectivity index (χ0) is 17.5. The van der Waals surface area contributed by atoms with Gasteiger partial charge in [0, 0.05) is 12.7 Å². The van der Waals surface area contributed by atoms with Crippen LogP contribution in [-0.4, -0.2) is 4.90 Å². The molecule has 0 saturated heterocycles. The highest BCUT2D eigenvalue weighted by Crippen LogP contribution is 2.36. The molecule has 4 aromatic carbocycles. The van der Waals surface area contributed by atoms with Gasteiger partial charge in [0.1, 0.15) is 0 Å². The van der Waals surface area contributed by atoms with Crippen LogP contribution >= 0.6 is 17.0 Å². The molecule has 0 bridgehead atoms. The van der Waals surface area contributed by atoms with Crippen molar-refractivity contribution in [3.63, 3.8) is 0 Å². The Labute approximate surface area is 167 Å². The molecule has 4 aromatic rings. The van der Waals surface area contributed by atoms with E-state index in [0.717, 1.165) is 5.70 Å². The summed E-state index contributed by atoms with van der Waals surface area (Å²) in [4.78, 5) is 12.8. The zero-order valence-electron chi connectivity index (χ0n) is 14.5. The van der Waals surface area contributed by atoms with Gasteiger partial charge in [0.15, 0.2) is 0 Å². The molecule has 5 rings (SSSR count). The second-order valence-electron chi connectivity index (χ2n) is 6.57. The lowest BCUT2D eigenvalue weighted by Gasteiger charge is -2.24. The predicted octanol–water partition coefficient (Wildman–Crippen LogP) is 6.66. The van der Waals surface area contributed by atoms with Gasteiger partial charge in [-0.25, -0.2) is 0 Å². The van der Waals surface area contributed by atoms with Crippen LogP contribution in [0, 0.1) is 4.91 Å². The molecule has 0 fully saturated rings. The number of nitroso groups, excluding NO2 is 1. The Kier molecular flexibility index (Phi) is 4.50. The lowest BCUT2D eigenvalue weighted by atomic mass is 9.92. The Morgan fingerprint density at radius 2 is 1.56 bits per heavy atom. The van der Waals surface area contributed by atoms with Crippen LogP contribution in [0.2, 0.25) is 0 Å². The molecule has 4 heteroatoms. The maximum absolute atomic E-state index is 10.7. The van der Waals surface area contributed by atoms with E-state index >= 15 is 0 Å². The van der Waals surface area contributed by atoms with Gasteiger partial charge in [0.05, 0.1) is 11.9 Å². The third-order valence-corrected chi connectivity index (χ3v) is 5.12. The van der Waals surface area contributed by atoms with Crippen molar-refractivity contribution in [2.75, 3.05) is 0 Å². The molecule has 0 atom stereocenters. The van der Waals surface area contributed by atoms with Crippen molar-refractivity contribution in [2.45, 2.75) is 6.54 Å². The summed E-state index contributed by atoms with van der Waals surface area (Å²) in [5.41, 5.74) is 2.03. The highest BCUT2D eigenvalue weighted by molar-refractivity contribution is 8.93. The van der Waals surface area contributed by atoms with Crippen molar-refractivity contribution in [1.82, 2.24) is 4.90 Å². The van der Waals surface area contributed by atoms with Crippen LogP contribution in [0.25, 0.3) is 32.3 Å². The molecular formula is C23H17BrN2O. The van der Waals surface area contributed by atoms with Crippen LogP contribution in [0.15, 0.2) is 96.1 Å². The Balaban J connectivity index is 0.00000180. The smallest absolute Gasteiger partial charge is 0.0951 e. The molecule has 27 heavy (non-hydrogen) atoms. The van der Waals surface area contributed by atoms with Gasteiger partial charge in [0.2, 0.25) is 0 Å². The molecule has 0 N–H and O–H groups in total. The first-order chi connectivity index (χ1) is 12.8. The standard InChI is InChI=1S/C23H16N2O.BrH/c26-24-14-20-6-1-2-13-25(20)15-19-10-9-18-8-7-16-4-3-5-17-11-12-21(19)23(18)22(16)17;/h1-14H,15H2;1H/b20-14+;. The van der Waals surface area contributed by atoms with Gasteiger partial charge < -0.3 is 4.90 Å². The molecule has 0 aliphatic carbocycles. The van der Waals surface area contributed by atoms with Gasteiger partial charge in [-0.3, -0.25) is 0 Å². The van der Waals surface area contributed by atoms with Crippen molar-refractivity contribution in [1.29, 1.82) is 0 Å². The van der Waals surface area contributed by atoms with Crippen LogP contribution in [0.5, 0.6) is 0 Å². The van der Waals surface area contributed by atoms with Crippen LogP contribution < -0.4 is 0 Å². The van der Waals surface area contributed by atoms with Gasteiger partial charge in [-0.15, -0.1) is 21.9 Å². The van der Waals surface area contributed by atoms with Gasteiger partial charge in [-0.2, -0.15) is 0 Å². The normalized spacial score (nSPS) is 15.1. The van der Waals surface area contributed by atoms with Gasteiger partial charge >= 0.3 is 0 Å². The second-order valence-corrected chi connectivity index (χ2v) is 6.57. The minimum Gasteiger partial charge on any atom is -0.342 e. The highest BCUT2D eigenvalue weighted by atomic mass is 79.9. The molecule has 0 spiro atoms. The fourth-order valence-electron chi connectivity index (χ4n) is 3.92. The molecular weight excluding hydrogens is 400 g/mol. The Hall–Kier alpha value is -2.98. The fourth-order valence-corrected chi connectivity index (χ4v) is 3.92. The summed E-state index contributed by atoms with van der Waals surface area (Å²) in [5, 5.41) is 10.6. The highest BCUT2D eigenvalue weighted by Gasteiger charge is 2.14. The molecule has 0 saturated carbocycles. The number of hydrogen-bond donors (Lipinski definition) is 0. The zero-order valence-corrected chi connectivity index (χ0v) is 16.2. The number of halogens is 1. The number of hydrogen-bond acceptors (Lipinski definition) is 3. The number of benzene rings is 4. The first-order valence-electron chi connectivity index (χ1n) is 8.65. The van der Waals surface area contributed by atoms with Crippen LogP contribution in [0.4, 0.5) is 0 Å². The lowest BCUT2D eigenvalue weighted by molar-refractivity contribution is 0.470. The first-order valence-corrected chi connectivity index (χ1v) is 8.65. The Bertz CT molecular complexity index is 1220. The number of allylic oxidation sites excluding steroid dienone is 3. The second kappa shape index (κ2) is 6.97. The molecule has 132 valence electrons. The van der Waals surface area contributed by atoms with Crippen molar-refractivity contribution in [2.24, 2.45) is 5.18 Å². The van der Waals surface area contributed by atoms with E-state index in [9.17, 15) is 4.91 Å². The van der Waals surface area contributed by atoms with E-state index in [0.29, 0.717) is 6.54 Å². The Morgan fingerprint density at radius 3 is 2.33 bits per heavy atom. The van der Waals surface area contributed by atoms with E-state index in [4.69, 9.17) is 0 Å². The van der Waals surface area contributed by atoms with Crippen molar-refractivity contribution >= 4 is 49.3 Å². The molecule has 0 radical (unpaired) electrons. The minimum atomic E-state index is 0. The van der Waals surface area contributed by atoms with E-state index in [1.165, 1.54) is 44.1 Å². The predicted molar refractivity (Wildman–Crippen MR) is 118 cm³/mol. The molecule has 0 aromatic heterocycles. The van der Waals surface area contributed by atoms with Gasteiger partial charge in [0.25, 0.3) is 0 Å². The van der Waals surface area contributed by atoms with E-state index in [1.807, 2.05) is 29.3 Å². The monoisotopic (exact) mass is 416 g/mol. The minimum absolute atomic E-state index is 0. The average Bonchev–Trinajstić information content (AvgIpc) is 2.69. The average molecular weight is 417 g/mol. The van der Waals surface area contributed by atoms with Gasteiger partial charge in [-0.1, -0.05) is 60.7 Å². The summed E-state index contributed by atoms with van der Waals surface area (Å²) in [7, 11) is 0. The van der Waals surface area contributed by atoms with Crippen LogP contribution in [0.3, 0.4) is 0 Å². The summed E-state index contributed by atoms with van der Waals surface area (Å²) in [6, 6.07) is 19.6. The van der Waals surface area contributed by atoms with Crippen molar-refractivity contribution < 1.29 is 0 Å². The third kappa shape index (κ3) is 2.82. The molecule has 1 heterocycles. The summed E-state index contributed by atoms with van der Waals surface area (Å²) >= 11 is 0. The van der Waals surface area contributed by atoms with E-state index < -0.39 is 0 Å². The maximum atomic E-state index is 10.7. The summed E-state index contributed by atoms with van der Waals surface area (Å²) in [5.74, 6) is 0. The van der Waals surface area contributed by atoms with Crippen molar-refractivity contribution in [3.05, 3.63) is 101 Å². The topological polar surface area (TPSA) is 32.7 Å². The molecule has 3 nitrogen and oxygen atoms in total. The maximum Gasteiger partial charge on any atom is 0.0951 e. The number of nitrogens with zero attached hydrogens (tertiary/aromatic N) is 2. The lowest BCUT2D eigenvalue weighted by Crippen LogP contribution is -2.16. The molecule has 1 aliphatic heterocycles. The first kappa shape index (κ1) is 17.4. The van der Waals surface area contributed by atoms with E-state index in [2.05, 4.69) is 59.8 Å². The quantitative estimate of drug-likeness (QED) is 0.276. The number of rotatable bonds is 3. The van der Waals surface area contributed by atoms with Crippen LogP contribution in [-0.2, 0) is 6.54 Å². The van der Waals surface area contributed by atoms with Gasteiger partial charge in [-0.05, 0) is 55.2 Å². The summed E-state index contributed by atoms with van der Waals surface area (Å²) in [6.07, 6.45) is 9.12. The van der Waals surface area contributed by atoms with Crippen molar-refractivity contribution in [3.8, 4) is 0 Å². The SMILES string of the molecule is Br.O=N/C=C1\C=CC=CN1Cc1ccc2ccc3cccc4ccc1c2c34. The molecule has 1 aliphatic rings. The third-order valence-electron chi connectivity index (χ3n) is 5.12. The largest absolute Gasteiger partial charge is 0.342 e. The summed E-state index contributed by atoms with van der Waals surface area (Å²) in [6.45, 7) is 0.691. The Morgan fingerprint density at radius 1 is 0.852 bits per heavy atom. The fraction of sp³-hybridized carbons (Fsp3) is 0.0435. The van der Waals surface area contributed by atoms with Crippen LogP contribution in [0.1, 0.15) is 5.56 Å². The summed E-state index contributed by atoms with van der Waals surface area (Å²) < 4.78 is 0. The van der Waals surface area contributed by atoms with E-state index in [1.54, 1.807) is 0 Å².